The van der Waals surface area contributed by atoms with Gasteiger partial charge in [-0.3, -0.25) is 4.79 Å². The standard InChI is InChI=1S/C15H14N2O2/c1-19-13-6-5-11-3-2-4-12(14(11)9-13)7-8-17-15(18)10-16/h2-6,9H,7-8H2,1H3,(H,17,18). The van der Waals surface area contributed by atoms with E-state index in [-0.39, 0.29) is 0 Å². The van der Waals surface area contributed by atoms with Crippen molar-refractivity contribution in [3.8, 4) is 11.8 Å². The van der Waals surface area contributed by atoms with Gasteiger partial charge in [-0.05, 0) is 34.9 Å². The molecular weight excluding hydrogens is 240 g/mol. The zero-order valence-corrected chi connectivity index (χ0v) is 10.6. The SMILES string of the molecule is COc1ccc2cccc(CCNC(=O)C#N)c2c1. The van der Waals surface area contributed by atoms with Crippen molar-refractivity contribution in [1.82, 2.24) is 5.32 Å². The lowest BCUT2D eigenvalue weighted by molar-refractivity contribution is -0.115. The van der Waals surface area contributed by atoms with Gasteiger partial charge in [-0.2, -0.15) is 5.26 Å². The first-order chi connectivity index (χ1) is 9.24. The number of carbonyl (C=O) groups excluding carboxylic acids is 1. The van der Waals surface area contributed by atoms with E-state index in [0.29, 0.717) is 13.0 Å². The van der Waals surface area contributed by atoms with Crippen molar-refractivity contribution in [2.45, 2.75) is 6.42 Å². The van der Waals surface area contributed by atoms with E-state index < -0.39 is 5.91 Å². The Morgan fingerprint density at radius 3 is 2.95 bits per heavy atom. The van der Waals surface area contributed by atoms with E-state index in [1.54, 1.807) is 7.11 Å². The molecule has 0 fully saturated rings. The molecule has 4 nitrogen and oxygen atoms in total. The lowest BCUT2D eigenvalue weighted by atomic mass is 10.0. The average molecular weight is 254 g/mol. The molecule has 1 amide bonds. The van der Waals surface area contributed by atoms with Crippen LogP contribution in [0.3, 0.4) is 0 Å². The van der Waals surface area contributed by atoms with E-state index in [2.05, 4.69) is 5.32 Å². The largest absolute Gasteiger partial charge is 0.497 e. The van der Waals surface area contributed by atoms with Crippen molar-refractivity contribution >= 4 is 16.7 Å². The fourth-order valence-electron chi connectivity index (χ4n) is 2.01. The maximum Gasteiger partial charge on any atom is 0.322 e. The Bertz CT molecular complexity index is 644. The van der Waals surface area contributed by atoms with Gasteiger partial charge in [0.2, 0.25) is 0 Å². The second kappa shape index (κ2) is 5.87. The van der Waals surface area contributed by atoms with Crippen LogP contribution in [0.4, 0.5) is 0 Å². The average Bonchev–Trinajstić information content (AvgIpc) is 2.46. The van der Waals surface area contributed by atoms with Crippen molar-refractivity contribution in [1.29, 1.82) is 5.26 Å². The summed E-state index contributed by atoms with van der Waals surface area (Å²) in [5.74, 6) is 0.207. The number of carbonyl (C=O) groups is 1. The van der Waals surface area contributed by atoms with Crippen molar-refractivity contribution < 1.29 is 9.53 Å². The highest BCUT2D eigenvalue weighted by Crippen LogP contribution is 2.24. The van der Waals surface area contributed by atoms with E-state index in [1.165, 1.54) is 6.07 Å². The van der Waals surface area contributed by atoms with Gasteiger partial charge in [-0.25, -0.2) is 0 Å². The monoisotopic (exact) mass is 254 g/mol. The Hall–Kier alpha value is -2.54. The second-order valence-electron chi connectivity index (χ2n) is 4.12. The van der Waals surface area contributed by atoms with Gasteiger partial charge in [0, 0.05) is 6.54 Å². The third-order valence-corrected chi connectivity index (χ3v) is 2.96. The Kier molecular flexibility index (Phi) is 3.99. The summed E-state index contributed by atoms with van der Waals surface area (Å²) in [6.07, 6.45) is 0.678. The second-order valence-corrected chi connectivity index (χ2v) is 4.12. The predicted molar refractivity (Wildman–Crippen MR) is 72.8 cm³/mol. The number of amides is 1. The highest BCUT2D eigenvalue weighted by Gasteiger charge is 2.03. The Morgan fingerprint density at radius 1 is 1.37 bits per heavy atom. The first-order valence-electron chi connectivity index (χ1n) is 5.98. The normalized spacial score (nSPS) is 9.89. The molecule has 0 heterocycles. The van der Waals surface area contributed by atoms with Crippen LogP contribution < -0.4 is 10.1 Å². The summed E-state index contributed by atoms with van der Waals surface area (Å²) >= 11 is 0. The molecule has 2 aromatic rings. The van der Waals surface area contributed by atoms with Gasteiger partial charge in [0.25, 0.3) is 0 Å². The smallest absolute Gasteiger partial charge is 0.322 e. The molecule has 0 spiro atoms. The van der Waals surface area contributed by atoms with E-state index >= 15 is 0 Å². The molecule has 96 valence electrons. The molecular formula is C15H14N2O2. The third kappa shape index (κ3) is 3.02. The summed E-state index contributed by atoms with van der Waals surface area (Å²) in [5, 5.41) is 13.2. The maximum absolute atomic E-state index is 10.9. The first-order valence-corrected chi connectivity index (χ1v) is 5.98. The molecule has 4 heteroatoms. The van der Waals surface area contributed by atoms with Crippen LogP contribution in [0.25, 0.3) is 10.8 Å². The molecule has 0 aromatic heterocycles. The molecule has 0 aliphatic heterocycles. The Balaban J connectivity index is 2.22. The molecule has 0 aliphatic carbocycles. The summed E-state index contributed by atoms with van der Waals surface area (Å²) in [6.45, 7) is 0.447. The quantitative estimate of drug-likeness (QED) is 0.849. The van der Waals surface area contributed by atoms with Crippen molar-refractivity contribution in [2.24, 2.45) is 0 Å². The fraction of sp³-hybridized carbons (Fsp3) is 0.200. The number of rotatable bonds is 4. The fourth-order valence-corrected chi connectivity index (χ4v) is 2.01. The minimum Gasteiger partial charge on any atom is -0.497 e. The maximum atomic E-state index is 10.9. The molecule has 0 unspecified atom stereocenters. The van der Waals surface area contributed by atoms with Gasteiger partial charge in [-0.15, -0.1) is 0 Å². The van der Waals surface area contributed by atoms with Crippen molar-refractivity contribution in [2.75, 3.05) is 13.7 Å². The summed E-state index contributed by atoms with van der Waals surface area (Å²) < 4.78 is 5.22. The highest BCUT2D eigenvalue weighted by atomic mass is 16.5. The molecule has 2 aromatic carbocycles. The van der Waals surface area contributed by atoms with E-state index in [1.807, 2.05) is 36.4 Å². The van der Waals surface area contributed by atoms with Crippen LogP contribution in [0, 0.1) is 11.3 Å². The van der Waals surface area contributed by atoms with Crippen LogP contribution in [0.2, 0.25) is 0 Å². The van der Waals surface area contributed by atoms with Crippen molar-refractivity contribution in [3.05, 3.63) is 42.0 Å². The first kappa shape index (κ1) is 12.9. The third-order valence-electron chi connectivity index (χ3n) is 2.96. The highest BCUT2D eigenvalue weighted by molar-refractivity contribution is 5.91. The predicted octanol–water partition coefficient (Wildman–Crippen LogP) is 2.03. The summed E-state index contributed by atoms with van der Waals surface area (Å²) in [6, 6.07) is 13.5. The number of ether oxygens (including phenoxy) is 1. The van der Waals surface area contributed by atoms with Gasteiger partial charge in [0.1, 0.15) is 5.75 Å². The molecule has 2 rings (SSSR count). The van der Waals surface area contributed by atoms with Gasteiger partial charge in [-0.1, -0.05) is 24.3 Å². The summed E-state index contributed by atoms with van der Waals surface area (Å²) in [4.78, 5) is 10.9. The lowest BCUT2D eigenvalue weighted by Crippen LogP contribution is -2.23. The number of nitrogens with zero attached hydrogens (tertiary/aromatic N) is 1. The zero-order chi connectivity index (χ0) is 13.7. The van der Waals surface area contributed by atoms with Gasteiger partial charge in [0.15, 0.2) is 6.07 Å². The van der Waals surface area contributed by atoms with Gasteiger partial charge in [0.05, 0.1) is 7.11 Å². The van der Waals surface area contributed by atoms with Crippen LogP contribution >= 0.6 is 0 Å². The Labute approximate surface area is 111 Å². The zero-order valence-electron chi connectivity index (χ0n) is 10.6. The van der Waals surface area contributed by atoms with E-state index in [0.717, 1.165) is 22.1 Å². The minimum absolute atomic E-state index is 0.447. The lowest BCUT2D eigenvalue weighted by Gasteiger charge is -2.08. The van der Waals surface area contributed by atoms with E-state index in [9.17, 15) is 4.79 Å². The molecule has 0 radical (unpaired) electrons. The van der Waals surface area contributed by atoms with Gasteiger partial charge >= 0.3 is 5.91 Å². The topological polar surface area (TPSA) is 62.1 Å². The number of hydrogen-bond donors (Lipinski definition) is 1. The van der Waals surface area contributed by atoms with Crippen LogP contribution in [0.15, 0.2) is 36.4 Å². The molecule has 0 aliphatic rings. The summed E-state index contributed by atoms with van der Waals surface area (Å²) in [5.41, 5.74) is 1.12. The molecule has 1 N–H and O–H groups in total. The number of fused-ring (bicyclic) bond motifs is 1. The Morgan fingerprint density at radius 2 is 2.21 bits per heavy atom. The number of benzene rings is 2. The van der Waals surface area contributed by atoms with Crippen LogP contribution in [-0.2, 0) is 11.2 Å². The van der Waals surface area contributed by atoms with Crippen LogP contribution in [0.5, 0.6) is 5.75 Å². The summed E-state index contributed by atoms with van der Waals surface area (Å²) in [7, 11) is 1.64. The number of nitrogens with one attached hydrogen (secondary N) is 1. The molecule has 0 atom stereocenters. The number of hydrogen-bond acceptors (Lipinski definition) is 3. The minimum atomic E-state index is -0.599. The number of nitriles is 1. The number of methoxy groups -OCH3 is 1. The van der Waals surface area contributed by atoms with Crippen LogP contribution in [-0.4, -0.2) is 19.6 Å². The molecule has 0 saturated carbocycles. The molecule has 0 saturated heterocycles. The molecule has 0 bridgehead atoms. The molecule has 19 heavy (non-hydrogen) atoms. The van der Waals surface area contributed by atoms with Gasteiger partial charge < -0.3 is 10.1 Å². The van der Waals surface area contributed by atoms with Crippen LogP contribution in [0.1, 0.15) is 5.56 Å². The van der Waals surface area contributed by atoms with Crippen molar-refractivity contribution in [3.63, 3.8) is 0 Å². The van der Waals surface area contributed by atoms with E-state index in [4.69, 9.17) is 10.00 Å².